The quantitative estimate of drug-likeness (QED) is 0.724. The lowest BCUT2D eigenvalue weighted by Gasteiger charge is -2.36. The first-order valence-corrected chi connectivity index (χ1v) is 7.51. The summed E-state index contributed by atoms with van der Waals surface area (Å²) in [6, 6.07) is 7.88. The van der Waals surface area contributed by atoms with Crippen molar-refractivity contribution in [3.8, 4) is 11.5 Å². The summed E-state index contributed by atoms with van der Waals surface area (Å²) in [5.41, 5.74) is 0. The van der Waals surface area contributed by atoms with Crippen LogP contribution in [0.4, 0.5) is 0 Å². The molecule has 2 N–H and O–H groups in total. The van der Waals surface area contributed by atoms with Gasteiger partial charge in [-0.2, -0.15) is 0 Å². The van der Waals surface area contributed by atoms with E-state index in [-0.39, 0.29) is 6.61 Å². The van der Waals surface area contributed by atoms with Gasteiger partial charge in [0.05, 0.1) is 13.2 Å². The van der Waals surface area contributed by atoms with E-state index in [2.05, 4.69) is 5.32 Å². The van der Waals surface area contributed by atoms with E-state index in [0.29, 0.717) is 30.2 Å². The third kappa shape index (κ3) is 4.88. The highest BCUT2D eigenvalue weighted by Crippen LogP contribution is 2.26. The molecule has 0 amide bonds. The first-order chi connectivity index (χ1) is 10.2. The van der Waals surface area contributed by atoms with Gasteiger partial charge in [-0.3, -0.25) is 0 Å². The number of benzene rings is 1. The molecular weight excluding hydrogens is 270 g/mol. The van der Waals surface area contributed by atoms with Gasteiger partial charge in [-0.1, -0.05) is 12.1 Å². The molecule has 21 heavy (non-hydrogen) atoms. The van der Waals surface area contributed by atoms with Crippen LogP contribution < -0.4 is 14.8 Å². The van der Waals surface area contributed by atoms with Crippen LogP contribution in [-0.2, 0) is 4.74 Å². The van der Waals surface area contributed by atoms with E-state index in [0.717, 1.165) is 19.4 Å². The normalized spacial score (nSPS) is 22.4. The van der Waals surface area contributed by atoms with E-state index in [4.69, 9.17) is 14.2 Å². The number of nitrogens with one attached hydrogen (secondary N) is 1. The Morgan fingerprint density at radius 1 is 1.29 bits per heavy atom. The number of aliphatic hydroxyl groups is 1. The van der Waals surface area contributed by atoms with Crippen molar-refractivity contribution in [2.45, 2.75) is 38.0 Å². The number of ether oxygens (including phenoxy) is 3. The molecule has 0 aliphatic heterocycles. The average Bonchev–Trinajstić information content (AvgIpc) is 2.47. The first-order valence-electron chi connectivity index (χ1n) is 7.51. The highest BCUT2D eigenvalue weighted by atomic mass is 16.5. The van der Waals surface area contributed by atoms with Gasteiger partial charge in [-0.15, -0.1) is 0 Å². The van der Waals surface area contributed by atoms with E-state index in [1.54, 1.807) is 7.11 Å². The molecule has 1 saturated carbocycles. The van der Waals surface area contributed by atoms with Crippen molar-refractivity contribution >= 4 is 0 Å². The molecule has 5 nitrogen and oxygen atoms in total. The van der Waals surface area contributed by atoms with Gasteiger partial charge in [0.1, 0.15) is 12.7 Å². The molecule has 2 rings (SSSR count). The summed E-state index contributed by atoms with van der Waals surface area (Å²) in [5, 5.41) is 13.3. The molecule has 0 spiro atoms. The van der Waals surface area contributed by atoms with Crippen LogP contribution in [0, 0.1) is 0 Å². The Bertz CT molecular complexity index is 420. The second kappa shape index (κ2) is 8.22. The SMILES string of the molecule is CCOC1CC(NCC(O)COc2ccccc2OC)C1. The van der Waals surface area contributed by atoms with Crippen LogP contribution in [0.15, 0.2) is 24.3 Å². The van der Waals surface area contributed by atoms with Gasteiger partial charge < -0.3 is 24.6 Å². The fourth-order valence-electron chi connectivity index (χ4n) is 2.39. The predicted molar refractivity (Wildman–Crippen MR) is 80.9 cm³/mol. The predicted octanol–water partition coefficient (Wildman–Crippen LogP) is 1.59. The molecule has 0 heterocycles. The van der Waals surface area contributed by atoms with E-state index in [1.165, 1.54) is 0 Å². The molecule has 0 aromatic heterocycles. The molecule has 1 aromatic rings. The smallest absolute Gasteiger partial charge is 0.161 e. The molecular formula is C16H25NO4. The Balaban J connectivity index is 1.63. The maximum absolute atomic E-state index is 9.95. The van der Waals surface area contributed by atoms with Crippen molar-refractivity contribution in [3.63, 3.8) is 0 Å². The van der Waals surface area contributed by atoms with E-state index in [9.17, 15) is 5.11 Å². The van der Waals surface area contributed by atoms with Gasteiger partial charge in [0.25, 0.3) is 0 Å². The molecule has 1 aliphatic carbocycles. The largest absolute Gasteiger partial charge is 0.493 e. The van der Waals surface area contributed by atoms with Crippen molar-refractivity contribution < 1.29 is 19.3 Å². The van der Waals surface area contributed by atoms with Crippen LogP contribution in [0.25, 0.3) is 0 Å². The summed E-state index contributed by atoms with van der Waals surface area (Å²) >= 11 is 0. The van der Waals surface area contributed by atoms with Gasteiger partial charge in [0.2, 0.25) is 0 Å². The number of hydrogen-bond acceptors (Lipinski definition) is 5. The lowest BCUT2D eigenvalue weighted by Crippen LogP contribution is -2.48. The zero-order chi connectivity index (χ0) is 15.1. The number of aliphatic hydroxyl groups excluding tert-OH is 1. The molecule has 1 aromatic carbocycles. The summed E-state index contributed by atoms with van der Waals surface area (Å²) in [7, 11) is 1.60. The van der Waals surface area contributed by atoms with Crippen molar-refractivity contribution in [1.82, 2.24) is 5.32 Å². The summed E-state index contributed by atoms with van der Waals surface area (Å²) in [6.07, 6.45) is 1.89. The second-order valence-electron chi connectivity index (χ2n) is 5.27. The van der Waals surface area contributed by atoms with E-state index in [1.807, 2.05) is 31.2 Å². The Kier molecular flexibility index (Phi) is 6.29. The van der Waals surface area contributed by atoms with Gasteiger partial charge >= 0.3 is 0 Å². The van der Waals surface area contributed by atoms with Gasteiger partial charge in [0.15, 0.2) is 11.5 Å². The number of methoxy groups -OCH3 is 1. The molecule has 0 radical (unpaired) electrons. The van der Waals surface area contributed by atoms with Crippen molar-refractivity contribution in [2.75, 3.05) is 26.9 Å². The molecule has 1 aliphatic rings. The zero-order valence-electron chi connectivity index (χ0n) is 12.7. The zero-order valence-corrected chi connectivity index (χ0v) is 12.7. The van der Waals surface area contributed by atoms with Crippen LogP contribution in [-0.4, -0.2) is 50.2 Å². The topological polar surface area (TPSA) is 60.0 Å². The highest BCUT2D eigenvalue weighted by Gasteiger charge is 2.29. The van der Waals surface area contributed by atoms with Crippen LogP contribution in [0.3, 0.4) is 0 Å². The van der Waals surface area contributed by atoms with E-state index >= 15 is 0 Å². The molecule has 0 saturated heterocycles. The Morgan fingerprint density at radius 3 is 2.67 bits per heavy atom. The molecule has 1 atom stereocenters. The Hall–Kier alpha value is -1.30. The monoisotopic (exact) mass is 295 g/mol. The highest BCUT2D eigenvalue weighted by molar-refractivity contribution is 5.39. The van der Waals surface area contributed by atoms with Crippen LogP contribution in [0.1, 0.15) is 19.8 Å². The second-order valence-corrected chi connectivity index (χ2v) is 5.27. The standard InChI is InChI=1S/C16H25NO4/c1-3-20-14-8-12(9-14)17-10-13(18)11-21-16-7-5-4-6-15(16)19-2/h4-7,12-14,17-18H,3,8-11H2,1-2H3. The fourth-order valence-corrected chi connectivity index (χ4v) is 2.39. The molecule has 1 fully saturated rings. The Morgan fingerprint density at radius 2 is 2.00 bits per heavy atom. The maximum Gasteiger partial charge on any atom is 0.161 e. The molecule has 0 bridgehead atoms. The number of rotatable bonds is 9. The minimum Gasteiger partial charge on any atom is -0.493 e. The summed E-state index contributed by atoms with van der Waals surface area (Å²) in [5.74, 6) is 1.33. The third-order valence-corrected chi connectivity index (χ3v) is 3.64. The lowest BCUT2D eigenvalue weighted by molar-refractivity contribution is -0.0134. The minimum absolute atomic E-state index is 0.245. The molecule has 118 valence electrons. The fraction of sp³-hybridized carbons (Fsp3) is 0.625. The van der Waals surface area contributed by atoms with Crippen molar-refractivity contribution in [1.29, 1.82) is 0 Å². The first kappa shape index (κ1) is 16.1. The van der Waals surface area contributed by atoms with Crippen LogP contribution in [0.2, 0.25) is 0 Å². The molecule has 1 unspecified atom stereocenters. The summed E-state index contributed by atoms with van der Waals surface area (Å²) in [6.45, 7) is 3.56. The minimum atomic E-state index is -0.541. The maximum atomic E-state index is 9.95. The van der Waals surface area contributed by atoms with Crippen molar-refractivity contribution in [3.05, 3.63) is 24.3 Å². The van der Waals surface area contributed by atoms with E-state index < -0.39 is 6.10 Å². The average molecular weight is 295 g/mol. The third-order valence-electron chi connectivity index (χ3n) is 3.64. The Labute approximate surface area is 126 Å². The number of para-hydroxylation sites is 2. The van der Waals surface area contributed by atoms with Gasteiger partial charge in [0, 0.05) is 19.2 Å². The molecule has 5 heteroatoms. The van der Waals surface area contributed by atoms with Crippen LogP contribution in [0.5, 0.6) is 11.5 Å². The number of hydrogen-bond donors (Lipinski definition) is 2. The summed E-state index contributed by atoms with van der Waals surface area (Å²) < 4.78 is 16.3. The van der Waals surface area contributed by atoms with Crippen LogP contribution >= 0.6 is 0 Å². The van der Waals surface area contributed by atoms with Crippen molar-refractivity contribution in [2.24, 2.45) is 0 Å². The van der Waals surface area contributed by atoms with Gasteiger partial charge in [-0.05, 0) is 31.9 Å². The lowest BCUT2D eigenvalue weighted by atomic mass is 9.89. The summed E-state index contributed by atoms with van der Waals surface area (Å²) in [4.78, 5) is 0. The van der Waals surface area contributed by atoms with Gasteiger partial charge in [-0.25, -0.2) is 0 Å².